The molecule has 1 atom stereocenters. The van der Waals surface area contributed by atoms with E-state index in [9.17, 15) is 14.7 Å². The molecule has 0 aliphatic rings. The van der Waals surface area contributed by atoms with Crippen molar-refractivity contribution in [3.05, 3.63) is 77.6 Å². The lowest BCUT2D eigenvalue weighted by atomic mass is 9.93. The van der Waals surface area contributed by atoms with Gasteiger partial charge in [-0.05, 0) is 84.8 Å². The molecule has 0 amide bonds. The van der Waals surface area contributed by atoms with Crippen molar-refractivity contribution in [1.29, 1.82) is 0 Å². The van der Waals surface area contributed by atoms with Gasteiger partial charge in [-0.1, -0.05) is 102 Å². The Bertz CT molecular complexity index is 1320. The average Bonchev–Trinajstić information content (AvgIpc) is 3.02. The lowest BCUT2D eigenvalue weighted by Crippen LogP contribution is -2.16. The summed E-state index contributed by atoms with van der Waals surface area (Å²) in [4.78, 5) is 24.2. The normalized spacial score (nSPS) is 11.7. The van der Waals surface area contributed by atoms with Gasteiger partial charge in [0.2, 0.25) is 0 Å². The number of carboxylic acids is 1. The molecule has 0 saturated heterocycles. The number of rotatable bonds is 20. The zero-order chi connectivity index (χ0) is 31.7. The van der Waals surface area contributed by atoms with Crippen LogP contribution in [0, 0.1) is 5.82 Å². The van der Waals surface area contributed by atoms with Gasteiger partial charge in [-0.25, -0.2) is 14.0 Å². The van der Waals surface area contributed by atoms with E-state index in [1.807, 2.05) is 25.1 Å². The van der Waals surface area contributed by atoms with E-state index in [1.54, 1.807) is 30.3 Å². The van der Waals surface area contributed by atoms with E-state index in [-0.39, 0.29) is 17.2 Å². The van der Waals surface area contributed by atoms with Crippen molar-refractivity contribution in [2.45, 2.75) is 110 Å². The number of aromatic carboxylic acids is 1. The first-order valence-corrected chi connectivity index (χ1v) is 16.5. The number of benzene rings is 3. The number of hydrogen-bond donors (Lipinski definition) is 1. The molecule has 0 bridgehead atoms. The van der Waals surface area contributed by atoms with E-state index >= 15 is 4.39 Å². The minimum atomic E-state index is -0.999. The monoisotopic (exact) mass is 604 g/mol. The maximum Gasteiger partial charge on any atom is 0.341 e. The van der Waals surface area contributed by atoms with Gasteiger partial charge in [0.25, 0.3) is 0 Å². The highest BCUT2D eigenvalue weighted by atomic mass is 19.1. The quantitative estimate of drug-likeness (QED) is 0.103. The molecule has 6 heteroatoms. The van der Waals surface area contributed by atoms with Crippen LogP contribution in [-0.4, -0.2) is 29.8 Å². The fourth-order valence-corrected chi connectivity index (χ4v) is 5.33. The van der Waals surface area contributed by atoms with Gasteiger partial charge in [-0.3, -0.25) is 0 Å². The molecule has 0 unspecified atom stereocenters. The van der Waals surface area contributed by atoms with Gasteiger partial charge in [0.05, 0.1) is 23.8 Å². The summed E-state index contributed by atoms with van der Waals surface area (Å²) in [5.74, 6) is -1.64. The van der Waals surface area contributed by atoms with Crippen LogP contribution in [0.25, 0.3) is 22.3 Å². The standard InChI is InChI=1S/C38H49FO5/c1-4-6-8-10-11-12-13-15-25-43-32-22-24-33(29-17-19-30(20-18-29)37(40)41)35(27-32)31-21-23-34(36(39)26-31)38(42)44-28(3)16-14-9-7-5-2/h17-24,26-28H,4-16,25H2,1-3H3,(H,40,41)/t28-/m1/s1. The van der Waals surface area contributed by atoms with Gasteiger partial charge in [-0.15, -0.1) is 0 Å². The molecule has 0 aliphatic heterocycles. The zero-order valence-corrected chi connectivity index (χ0v) is 26.7. The van der Waals surface area contributed by atoms with Gasteiger partial charge < -0.3 is 14.6 Å². The predicted molar refractivity (Wildman–Crippen MR) is 176 cm³/mol. The average molecular weight is 605 g/mol. The molecule has 0 aromatic heterocycles. The molecule has 0 fully saturated rings. The van der Waals surface area contributed by atoms with Crippen molar-refractivity contribution in [3.63, 3.8) is 0 Å². The largest absolute Gasteiger partial charge is 0.494 e. The van der Waals surface area contributed by atoms with Crippen molar-refractivity contribution in [2.24, 2.45) is 0 Å². The van der Waals surface area contributed by atoms with Crippen molar-refractivity contribution < 1.29 is 28.6 Å². The summed E-state index contributed by atoms with van der Waals surface area (Å²) in [6.45, 7) is 6.81. The molecule has 44 heavy (non-hydrogen) atoms. The van der Waals surface area contributed by atoms with Crippen LogP contribution in [0.2, 0.25) is 0 Å². The Hall–Kier alpha value is -3.67. The summed E-state index contributed by atoms with van der Waals surface area (Å²) >= 11 is 0. The van der Waals surface area contributed by atoms with E-state index < -0.39 is 17.8 Å². The zero-order valence-electron chi connectivity index (χ0n) is 26.7. The van der Waals surface area contributed by atoms with Crippen LogP contribution in [0.15, 0.2) is 60.7 Å². The van der Waals surface area contributed by atoms with E-state index in [0.29, 0.717) is 17.9 Å². The summed E-state index contributed by atoms with van der Waals surface area (Å²) in [6, 6.07) is 16.8. The van der Waals surface area contributed by atoms with E-state index in [0.717, 1.165) is 61.6 Å². The summed E-state index contributed by atoms with van der Waals surface area (Å²) in [5.41, 5.74) is 3.00. The molecule has 0 saturated carbocycles. The second-order valence-electron chi connectivity index (χ2n) is 11.7. The molecule has 3 aromatic rings. The van der Waals surface area contributed by atoms with Crippen molar-refractivity contribution in [2.75, 3.05) is 6.61 Å². The second kappa shape index (κ2) is 18.9. The molecule has 238 valence electrons. The van der Waals surface area contributed by atoms with E-state index in [4.69, 9.17) is 9.47 Å². The van der Waals surface area contributed by atoms with Gasteiger partial charge in [0, 0.05) is 0 Å². The molecule has 1 N–H and O–H groups in total. The van der Waals surface area contributed by atoms with Gasteiger partial charge in [0.15, 0.2) is 0 Å². The van der Waals surface area contributed by atoms with Crippen LogP contribution in [0.1, 0.15) is 125 Å². The topological polar surface area (TPSA) is 72.8 Å². The number of hydrogen-bond acceptors (Lipinski definition) is 4. The molecule has 0 heterocycles. The Morgan fingerprint density at radius 3 is 1.98 bits per heavy atom. The number of esters is 1. The first-order chi connectivity index (χ1) is 21.3. The van der Waals surface area contributed by atoms with Crippen molar-refractivity contribution >= 4 is 11.9 Å². The van der Waals surface area contributed by atoms with Crippen LogP contribution in [0.4, 0.5) is 4.39 Å². The molecule has 3 rings (SSSR count). The smallest absolute Gasteiger partial charge is 0.341 e. The highest BCUT2D eigenvalue weighted by molar-refractivity contribution is 5.92. The van der Waals surface area contributed by atoms with Gasteiger partial charge >= 0.3 is 11.9 Å². The Kier molecular flexibility index (Phi) is 14.9. The molecule has 0 spiro atoms. The maximum absolute atomic E-state index is 15.4. The number of carboxylic acid groups (broad SMARTS) is 1. The fraction of sp³-hybridized carbons (Fsp3) is 0.474. The third-order valence-corrected chi connectivity index (χ3v) is 7.97. The van der Waals surface area contributed by atoms with Crippen LogP contribution in [-0.2, 0) is 4.74 Å². The van der Waals surface area contributed by atoms with Crippen molar-refractivity contribution in [1.82, 2.24) is 0 Å². The molecule has 0 radical (unpaired) electrons. The fourth-order valence-electron chi connectivity index (χ4n) is 5.33. The number of carbonyl (C=O) groups is 2. The Morgan fingerprint density at radius 2 is 1.34 bits per heavy atom. The third kappa shape index (κ3) is 11.1. The van der Waals surface area contributed by atoms with E-state index in [1.165, 1.54) is 50.7 Å². The van der Waals surface area contributed by atoms with Crippen LogP contribution >= 0.6 is 0 Å². The molecular weight excluding hydrogens is 555 g/mol. The summed E-state index contributed by atoms with van der Waals surface area (Å²) in [6.07, 6.45) is 14.5. The highest BCUT2D eigenvalue weighted by Gasteiger charge is 2.19. The number of carbonyl (C=O) groups excluding carboxylic acids is 1. The number of unbranched alkanes of at least 4 members (excludes halogenated alkanes) is 10. The Morgan fingerprint density at radius 1 is 0.727 bits per heavy atom. The van der Waals surface area contributed by atoms with Crippen molar-refractivity contribution in [3.8, 4) is 28.0 Å². The molecular formula is C38H49FO5. The Balaban J connectivity index is 1.76. The summed E-state index contributed by atoms with van der Waals surface area (Å²) in [7, 11) is 0. The molecule has 0 aliphatic carbocycles. The lowest BCUT2D eigenvalue weighted by molar-refractivity contribution is 0.0314. The summed E-state index contributed by atoms with van der Waals surface area (Å²) < 4.78 is 27.0. The SMILES string of the molecule is CCCCCCCCCCOc1ccc(-c2ccc(C(=O)O)cc2)c(-c2ccc(C(=O)O[C@H](C)CCCCCC)c(F)c2)c1. The Labute approximate surface area is 262 Å². The van der Waals surface area contributed by atoms with Gasteiger partial charge in [-0.2, -0.15) is 0 Å². The van der Waals surface area contributed by atoms with Crippen LogP contribution in [0.5, 0.6) is 5.75 Å². The number of ether oxygens (including phenoxy) is 2. The highest BCUT2D eigenvalue weighted by Crippen LogP contribution is 2.36. The number of halogens is 1. The minimum Gasteiger partial charge on any atom is -0.494 e. The molecule has 3 aromatic carbocycles. The third-order valence-electron chi connectivity index (χ3n) is 7.97. The second-order valence-corrected chi connectivity index (χ2v) is 11.7. The first kappa shape index (κ1) is 34.8. The van der Waals surface area contributed by atoms with E-state index in [2.05, 4.69) is 13.8 Å². The lowest BCUT2D eigenvalue weighted by Gasteiger charge is -2.16. The van der Waals surface area contributed by atoms with Gasteiger partial charge in [0.1, 0.15) is 11.6 Å². The molecule has 5 nitrogen and oxygen atoms in total. The first-order valence-electron chi connectivity index (χ1n) is 16.5. The van der Waals surface area contributed by atoms with Crippen LogP contribution in [0.3, 0.4) is 0 Å². The predicted octanol–water partition coefficient (Wildman–Crippen LogP) is 10.9. The minimum absolute atomic E-state index is 0.0939. The summed E-state index contributed by atoms with van der Waals surface area (Å²) in [5, 5.41) is 9.32. The van der Waals surface area contributed by atoms with Crippen LogP contribution < -0.4 is 4.74 Å². The maximum atomic E-state index is 15.4.